The number of carbonyl (C=O) groups excluding carboxylic acids is 1. The van der Waals surface area contributed by atoms with Crippen LogP contribution in [0.2, 0.25) is 0 Å². The highest BCUT2D eigenvalue weighted by Crippen LogP contribution is 2.40. The summed E-state index contributed by atoms with van der Waals surface area (Å²) in [6, 6.07) is 5.64. The number of rotatable bonds is 9. The van der Waals surface area contributed by atoms with Crippen molar-refractivity contribution in [1.29, 1.82) is 0 Å². The first-order valence-electron chi connectivity index (χ1n) is 7.60. The quantitative estimate of drug-likeness (QED) is 0.498. The number of aldehydes is 1. The minimum absolute atomic E-state index is 0.144. The molecule has 2 aromatic rings. The van der Waals surface area contributed by atoms with Gasteiger partial charge in [-0.25, -0.2) is 0 Å². The van der Waals surface area contributed by atoms with Crippen molar-refractivity contribution in [3.8, 4) is 22.6 Å². The van der Waals surface area contributed by atoms with Crippen LogP contribution >= 0.6 is 11.3 Å². The van der Waals surface area contributed by atoms with E-state index >= 15 is 0 Å². The molecule has 0 atom stereocenters. The molecule has 0 aliphatic carbocycles. The fraction of sp³-hybridized carbons (Fsp3) is 0.389. The smallest absolute Gasteiger partial charge is 0.188 e. The third-order valence-electron chi connectivity index (χ3n) is 3.59. The summed E-state index contributed by atoms with van der Waals surface area (Å²) in [6.07, 6.45) is 4.07. The molecule has 0 radical (unpaired) electrons. The fourth-order valence-electron chi connectivity index (χ4n) is 2.43. The lowest BCUT2D eigenvalue weighted by Gasteiger charge is -2.14. The van der Waals surface area contributed by atoms with Crippen molar-refractivity contribution in [2.45, 2.75) is 26.2 Å². The molecule has 2 rings (SSSR count). The van der Waals surface area contributed by atoms with Crippen LogP contribution in [-0.4, -0.2) is 27.3 Å². The average Bonchev–Trinajstić information content (AvgIpc) is 3.00. The van der Waals surface area contributed by atoms with E-state index in [1.807, 2.05) is 18.2 Å². The number of thiophene rings is 1. The molecule has 0 aliphatic heterocycles. The van der Waals surface area contributed by atoms with E-state index in [9.17, 15) is 4.79 Å². The molecule has 0 bridgehead atoms. The van der Waals surface area contributed by atoms with Gasteiger partial charge in [0.05, 0.1) is 12.0 Å². The van der Waals surface area contributed by atoms with Crippen LogP contribution in [0.5, 0.6) is 11.5 Å². The van der Waals surface area contributed by atoms with Gasteiger partial charge in [0, 0.05) is 24.3 Å². The third-order valence-corrected chi connectivity index (χ3v) is 4.55. The maximum atomic E-state index is 11.5. The highest BCUT2D eigenvalue weighted by Gasteiger charge is 2.18. The van der Waals surface area contributed by atoms with E-state index in [2.05, 4.69) is 12.3 Å². The van der Waals surface area contributed by atoms with Gasteiger partial charge in [-0.3, -0.25) is 4.79 Å². The van der Waals surface area contributed by atoms with Crippen LogP contribution in [0.4, 0.5) is 0 Å². The van der Waals surface area contributed by atoms with Gasteiger partial charge in [0.1, 0.15) is 11.5 Å². The van der Waals surface area contributed by atoms with Crippen LogP contribution in [0.3, 0.4) is 0 Å². The monoisotopic (exact) mass is 334 g/mol. The second kappa shape index (κ2) is 8.70. The summed E-state index contributed by atoms with van der Waals surface area (Å²) in [5.41, 5.74) is 3.05. The summed E-state index contributed by atoms with van der Waals surface area (Å²) in [5, 5.41) is 2.07. The molecule has 4 nitrogen and oxygen atoms in total. The number of hydrogen-bond donors (Lipinski definition) is 0. The summed E-state index contributed by atoms with van der Waals surface area (Å²) >= 11 is 1.48. The van der Waals surface area contributed by atoms with Gasteiger partial charge < -0.3 is 14.2 Å². The Kier molecular flexibility index (Phi) is 6.62. The number of benzene rings is 1. The Labute approximate surface area is 141 Å². The largest absolute Gasteiger partial charge is 0.497 e. The topological polar surface area (TPSA) is 44.8 Å². The van der Waals surface area contributed by atoms with Gasteiger partial charge in [0.15, 0.2) is 13.1 Å². The molecule has 0 fully saturated rings. The van der Waals surface area contributed by atoms with E-state index in [1.54, 1.807) is 14.2 Å². The molecular formula is C18H22O4S. The summed E-state index contributed by atoms with van der Waals surface area (Å²) in [5.74, 6) is 1.36. The van der Waals surface area contributed by atoms with E-state index in [0.717, 1.165) is 41.6 Å². The molecule has 124 valence electrons. The SMILES string of the molecule is CCCCc1csc(C=O)c1-c1ccc(OC)cc1OCOC. The van der Waals surface area contributed by atoms with E-state index in [1.165, 1.54) is 16.9 Å². The number of hydrogen-bond acceptors (Lipinski definition) is 5. The Morgan fingerprint density at radius 2 is 2.09 bits per heavy atom. The highest BCUT2D eigenvalue weighted by molar-refractivity contribution is 7.12. The Hall–Kier alpha value is -1.85. The van der Waals surface area contributed by atoms with Gasteiger partial charge in [0.2, 0.25) is 0 Å². The first-order chi connectivity index (χ1) is 11.2. The normalized spacial score (nSPS) is 10.6. The van der Waals surface area contributed by atoms with Crippen LogP contribution in [0.15, 0.2) is 23.6 Å². The van der Waals surface area contributed by atoms with Crippen LogP contribution in [0.25, 0.3) is 11.1 Å². The lowest BCUT2D eigenvalue weighted by atomic mass is 9.97. The first-order valence-corrected chi connectivity index (χ1v) is 8.48. The van der Waals surface area contributed by atoms with Crippen molar-refractivity contribution in [3.63, 3.8) is 0 Å². The Morgan fingerprint density at radius 3 is 2.74 bits per heavy atom. The molecule has 0 aliphatic rings. The molecule has 23 heavy (non-hydrogen) atoms. The third kappa shape index (κ3) is 4.12. The van der Waals surface area contributed by atoms with Crippen molar-refractivity contribution in [2.24, 2.45) is 0 Å². The molecule has 0 saturated heterocycles. The second-order valence-corrected chi connectivity index (χ2v) is 6.05. The molecule has 0 N–H and O–H groups in total. The summed E-state index contributed by atoms with van der Waals surface area (Å²) in [6.45, 7) is 2.30. The fourth-order valence-corrected chi connectivity index (χ4v) is 3.35. The van der Waals surface area contributed by atoms with Crippen LogP contribution in [-0.2, 0) is 11.2 Å². The predicted octanol–water partition coefficient (Wildman–Crippen LogP) is 4.56. The number of methoxy groups -OCH3 is 2. The van der Waals surface area contributed by atoms with Crippen molar-refractivity contribution in [1.82, 2.24) is 0 Å². The predicted molar refractivity (Wildman–Crippen MR) is 92.8 cm³/mol. The van der Waals surface area contributed by atoms with Gasteiger partial charge in [-0.1, -0.05) is 13.3 Å². The average molecular weight is 334 g/mol. The lowest BCUT2D eigenvalue weighted by Crippen LogP contribution is -2.01. The molecule has 0 spiro atoms. The molecule has 5 heteroatoms. The second-order valence-electron chi connectivity index (χ2n) is 5.13. The van der Waals surface area contributed by atoms with Gasteiger partial charge in [-0.2, -0.15) is 0 Å². The zero-order valence-electron chi connectivity index (χ0n) is 13.8. The first kappa shape index (κ1) is 17.5. The van der Waals surface area contributed by atoms with Crippen LogP contribution in [0.1, 0.15) is 35.0 Å². The van der Waals surface area contributed by atoms with E-state index < -0.39 is 0 Å². The maximum Gasteiger partial charge on any atom is 0.188 e. The number of aryl methyl sites for hydroxylation is 1. The molecule has 1 aromatic carbocycles. The van der Waals surface area contributed by atoms with Crippen LogP contribution < -0.4 is 9.47 Å². The van der Waals surface area contributed by atoms with E-state index in [0.29, 0.717) is 11.5 Å². The van der Waals surface area contributed by atoms with Gasteiger partial charge in [-0.15, -0.1) is 11.3 Å². The Morgan fingerprint density at radius 1 is 1.26 bits per heavy atom. The maximum absolute atomic E-state index is 11.5. The number of carbonyl (C=O) groups is 1. The van der Waals surface area contributed by atoms with Gasteiger partial charge >= 0.3 is 0 Å². The minimum atomic E-state index is 0.144. The van der Waals surface area contributed by atoms with Crippen molar-refractivity contribution in [3.05, 3.63) is 34.0 Å². The molecule has 1 aromatic heterocycles. The van der Waals surface area contributed by atoms with Crippen molar-refractivity contribution >= 4 is 17.6 Å². The number of ether oxygens (including phenoxy) is 3. The summed E-state index contributed by atoms with van der Waals surface area (Å²) in [4.78, 5) is 12.2. The van der Waals surface area contributed by atoms with Crippen molar-refractivity contribution < 1.29 is 19.0 Å². The molecule has 0 unspecified atom stereocenters. The van der Waals surface area contributed by atoms with Crippen LogP contribution in [0, 0.1) is 0 Å². The molecule has 1 heterocycles. The standard InChI is InChI=1S/C18H22O4S/c1-4-5-6-13-11-23-17(10-19)18(13)15-8-7-14(21-3)9-16(15)22-12-20-2/h7-11H,4-6,12H2,1-3H3. The minimum Gasteiger partial charge on any atom is -0.497 e. The molecule has 0 saturated carbocycles. The zero-order chi connectivity index (χ0) is 16.7. The summed E-state index contributed by atoms with van der Waals surface area (Å²) in [7, 11) is 3.19. The van der Waals surface area contributed by atoms with Crippen molar-refractivity contribution in [2.75, 3.05) is 21.0 Å². The Balaban J connectivity index is 2.50. The van der Waals surface area contributed by atoms with Gasteiger partial charge in [-0.05, 0) is 35.9 Å². The molecular weight excluding hydrogens is 312 g/mol. The summed E-state index contributed by atoms with van der Waals surface area (Å²) < 4.78 is 16.0. The van der Waals surface area contributed by atoms with Gasteiger partial charge in [0.25, 0.3) is 0 Å². The molecule has 0 amide bonds. The Bertz CT molecular complexity index is 648. The van der Waals surface area contributed by atoms with E-state index in [4.69, 9.17) is 14.2 Å². The lowest BCUT2D eigenvalue weighted by molar-refractivity contribution is 0.0514. The number of unbranched alkanes of at least 4 members (excludes halogenated alkanes) is 1. The highest BCUT2D eigenvalue weighted by atomic mass is 32.1. The van der Waals surface area contributed by atoms with E-state index in [-0.39, 0.29) is 6.79 Å². The zero-order valence-corrected chi connectivity index (χ0v) is 14.6.